The Morgan fingerprint density at radius 2 is 1.72 bits per heavy atom. The van der Waals surface area contributed by atoms with E-state index in [2.05, 4.69) is 10.1 Å². The van der Waals surface area contributed by atoms with Gasteiger partial charge in [0.1, 0.15) is 0 Å². The van der Waals surface area contributed by atoms with Crippen LogP contribution in [0.15, 0.2) is 40.9 Å². The number of benzene rings is 1. The van der Waals surface area contributed by atoms with Gasteiger partial charge < -0.3 is 4.52 Å². The molecule has 0 N–H and O–H groups in total. The molecule has 1 aliphatic carbocycles. The standard InChI is InChI=1S/C19H19N3O3/c1-12-6-8-13(9-7-12)17-20-16(25-21-17)10-11-22-18(23)14-4-2-3-5-15(14)19(22)24/h2-3,6-9,14-15H,4-5,10-11H2,1H3/t14-,15-/m1/s1. The van der Waals surface area contributed by atoms with Gasteiger partial charge in [0.05, 0.1) is 11.8 Å². The first-order valence-electron chi connectivity index (χ1n) is 8.53. The molecule has 0 radical (unpaired) electrons. The number of amides is 2. The first kappa shape index (κ1) is 15.7. The van der Waals surface area contributed by atoms with Crippen molar-refractivity contribution in [3.8, 4) is 11.4 Å². The maximum atomic E-state index is 12.4. The van der Waals surface area contributed by atoms with Crippen LogP contribution in [0.1, 0.15) is 24.3 Å². The minimum Gasteiger partial charge on any atom is -0.339 e. The van der Waals surface area contributed by atoms with E-state index in [0.29, 0.717) is 37.5 Å². The van der Waals surface area contributed by atoms with E-state index in [0.717, 1.165) is 11.1 Å². The number of imide groups is 1. The number of aromatic nitrogens is 2. The van der Waals surface area contributed by atoms with Crippen molar-refractivity contribution < 1.29 is 14.1 Å². The van der Waals surface area contributed by atoms with E-state index < -0.39 is 0 Å². The average molecular weight is 337 g/mol. The summed E-state index contributed by atoms with van der Waals surface area (Å²) in [5.41, 5.74) is 2.04. The molecule has 1 aromatic carbocycles. The van der Waals surface area contributed by atoms with Crippen molar-refractivity contribution in [3.05, 3.63) is 47.9 Å². The number of rotatable bonds is 4. The molecule has 2 heterocycles. The van der Waals surface area contributed by atoms with Crippen LogP contribution in [-0.4, -0.2) is 33.4 Å². The summed E-state index contributed by atoms with van der Waals surface area (Å²) in [7, 11) is 0. The molecular formula is C19H19N3O3. The molecule has 0 spiro atoms. The van der Waals surface area contributed by atoms with Crippen LogP contribution in [0.25, 0.3) is 11.4 Å². The minimum absolute atomic E-state index is 0.0716. The minimum atomic E-state index is -0.191. The Morgan fingerprint density at radius 3 is 2.36 bits per heavy atom. The molecule has 4 rings (SSSR count). The Labute approximate surface area is 145 Å². The summed E-state index contributed by atoms with van der Waals surface area (Å²) >= 11 is 0. The molecule has 25 heavy (non-hydrogen) atoms. The van der Waals surface area contributed by atoms with Gasteiger partial charge >= 0.3 is 0 Å². The molecular weight excluding hydrogens is 318 g/mol. The third-order valence-corrected chi connectivity index (χ3v) is 4.93. The lowest BCUT2D eigenvalue weighted by Gasteiger charge is -2.14. The zero-order chi connectivity index (χ0) is 17.4. The first-order chi connectivity index (χ1) is 12.1. The van der Waals surface area contributed by atoms with Gasteiger partial charge in [-0.25, -0.2) is 0 Å². The second-order valence-electron chi connectivity index (χ2n) is 6.61. The normalized spacial score (nSPS) is 22.5. The van der Waals surface area contributed by atoms with Crippen molar-refractivity contribution in [3.63, 3.8) is 0 Å². The molecule has 2 aliphatic rings. The van der Waals surface area contributed by atoms with Gasteiger partial charge in [0.2, 0.25) is 23.5 Å². The van der Waals surface area contributed by atoms with Crippen LogP contribution in [0.4, 0.5) is 0 Å². The summed E-state index contributed by atoms with van der Waals surface area (Å²) in [4.78, 5) is 30.6. The van der Waals surface area contributed by atoms with E-state index in [9.17, 15) is 9.59 Å². The van der Waals surface area contributed by atoms with Gasteiger partial charge in [-0.05, 0) is 19.8 Å². The maximum absolute atomic E-state index is 12.4. The van der Waals surface area contributed by atoms with Crippen LogP contribution in [0.5, 0.6) is 0 Å². The largest absolute Gasteiger partial charge is 0.339 e. The lowest BCUT2D eigenvalue weighted by atomic mass is 9.85. The van der Waals surface area contributed by atoms with Gasteiger partial charge in [0, 0.05) is 18.5 Å². The number of fused-ring (bicyclic) bond motifs is 1. The van der Waals surface area contributed by atoms with Gasteiger partial charge in [-0.3, -0.25) is 14.5 Å². The zero-order valence-electron chi connectivity index (χ0n) is 14.0. The van der Waals surface area contributed by atoms with Gasteiger partial charge in [-0.15, -0.1) is 0 Å². The molecule has 2 atom stereocenters. The third-order valence-electron chi connectivity index (χ3n) is 4.93. The fraction of sp³-hybridized carbons (Fsp3) is 0.368. The SMILES string of the molecule is Cc1ccc(-c2noc(CCN3C(=O)[C@@H]4CC=CC[C@H]4C3=O)n2)cc1. The molecule has 2 amide bonds. The Kier molecular flexibility index (Phi) is 3.95. The molecule has 6 nitrogen and oxygen atoms in total. The summed E-state index contributed by atoms with van der Waals surface area (Å²) in [6.45, 7) is 2.31. The van der Waals surface area contributed by atoms with Gasteiger partial charge in [0.25, 0.3) is 0 Å². The van der Waals surface area contributed by atoms with Crippen molar-refractivity contribution >= 4 is 11.8 Å². The lowest BCUT2D eigenvalue weighted by Crippen LogP contribution is -2.33. The van der Waals surface area contributed by atoms with Crippen molar-refractivity contribution in [1.82, 2.24) is 15.0 Å². The molecule has 1 aliphatic heterocycles. The van der Waals surface area contributed by atoms with E-state index in [1.54, 1.807) is 0 Å². The van der Waals surface area contributed by atoms with Crippen LogP contribution in [0, 0.1) is 18.8 Å². The first-order valence-corrected chi connectivity index (χ1v) is 8.53. The van der Waals surface area contributed by atoms with Crippen LogP contribution >= 0.6 is 0 Å². The van der Waals surface area contributed by atoms with Crippen molar-refractivity contribution in [2.75, 3.05) is 6.54 Å². The van der Waals surface area contributed by atoms with E-state index in [1.165, 1.54) is 4.90 Å². The molecule has 0 unspecified atom stereocenters. The predicted molar refractivity (Wildman–Crippen MR) is 90.2 cm³/mol. The summed E-state index contributed by atoms with van der Waals surface area (Å²) < 4.78 is 5.28. The monoisotopic (exact) mass is 337 g/mol. The van der Waals surface area contributed by atoms with Crippen LogP contribution < -0.4 is 0 Å². The summed E-state index contributed by atoms with van der Waals surface area (Å²) in [5.74, 6) is 0.429. The maximum Gasteiger partial charge on any atom is 0.233 e. The van der Waals surface area contributed by atoms with Crippen molar-refractivity contribution in [2.24, 2.45) is 11.8 Å². The number of allylic oxidation sites excluding steroid dienone is 2. The number of hydrogen-bond donors (Lipinski definition) is 0. The van der Waals surface area contributed by atoms with Crippen LogP contribution in [0.2, 0.25) is 0 Å². The van der Waals surface area contributed by atoms with Crippen LogP contribution in [0.3, 0.4) is 0 Å². The summed E-state index contributed by atoms with van der Waals surface area (Å²) in [6, 6.07) is 7.86. The lowest BCUT2D eigenvalue weighted by molar-refractivity contribution is -0.139. The third kappa shape index (κ3) is 2.88. The molecule has 128 valence electrons. The Balaban J connectivity index is 1.43. The second kappa shape index (κ2) is 6.27. The quantitative estimate of drug-likeness (QED) is 0.633. The molecule has 1 fully saturated rings. The molecule has 6 heteroatoms. The highest BCUT2D eigenvalue weighted by Crippen LogP contribution is 2.35. The van der Waals surface area contributed by atoms with Gasteiger partial charge in [-0.1, -0.05) is 47.1 Å². The smallest absolute Gasteiger partial charge is 0.233 e. The molecule has 1 aromatic heterocycles. The fourth-order valence-electron chi connectivity index (χ4n) is 3.47. The highest BCUT2D eigenvalue weighted by atomic mass is 16.5. The van der Waals surface area contributed by atoms with Crippen LogP contribution in [-0.2, 0) is 16.0 Å². The van der Waals surface area contributed by atoms with Crippen molar-refractivity contribution in [1.29, 1.82) is 0 Å². The Morgan fingerprint density at radius 1 is 1.08 bits per heavy atom. The highest BCUT2D eigenvalue weighted by Gasteiger charge is 2.46. The molecule has 2 aromatic rings. The topological polar surface area (TPSA) is 76.3 Å². The Bertz CT molecular complexity index is 812. The number of likely N-dealkylation sites (tertiary alicyclic amines) is 1. The second-order valence-corrected chi connectivity index (χ2v) is 6.61. The highest BCUT2D eigenvalue weighted by molar-refractivity contribution is 6.05. The molecule has 0 bridgehead atoms. The summed E-state index contributed by atoms with van der Waals surface area (Å²) in [5, 5.41) is 3.99. The van der Waals surface area contributed by atoms with Gasteiger partial charge in [0.15, 0.2) is 0 Å². The number of carbonyl (C=O) groups excluding carboxylic acids is 2. The van der Waals surface area contributed by atoms with Crippen molar-refractivity contribution in [2.45, 2.75) is 26.2 Å². The number of hydrogen-bond acceptors (Lipinski definition) is 5. The molecule has 1 saturated heterocycles. The number of aryl methyl sites for hydroxylation is 1. The van der Waals surface area contributed by atoms with E-state index in [1.807, 2.05) is 43.3 Å². The van der Waals surface area contributed by atoms with E-state index in [4.69, 9.17) is 4.52 Å². The average Bonchev–Trinajstić information content (AvgIpc) is 3.19. The Hall–Kier alpha value is -2.76. The summed E-state index contributed by atoms with van der Waals surface area (Å²) in [6.07, 6.45) is 5.67. The fourth-order valence-corrected chi connectivity index (χ4v) is 3.47. The zero-order valence-corrected chi connectivity index (χ0v) is 14.0. The number of carbonyl (C=O) groups is 2. The number of nitrogens with zero attached hydrogens (tertiary/aromatic N) is 3. The molecule has 0 saturated carbocycles. The van der Waals surface area contributed by atoms with E-state index in [-0.39, 0.29) is 23.7 Å². The van der Waals surface area contributed by atoms with E-state index >= 15 is 0 Å². The predicted octanol–water partition coefficient (Wildman–Crippen LogP) is 2.54. The van der Waals surface area contributed by atoms with Gasteiger partial charge in [-0.2, -0.15) is 4.98 Å².